The van der Waals surface area contributed by atoms with Crippen LogP contribution in [-0.4, -0.2) is 15.1 Å². The van der Waals surface area contributed by atoms with Crippen molar-refractivity contribution in [3.63, 3.8) is 0 Å². The van der Waals surface area contributed by atoms with Crippen molar-refractivity contribution in [2.45, 2.75) is 6.92 Å². The maximum absolute atomic E-state index is 4.96. The SMILES string of the molecule is Cc1nc(-c2c[nH]c3ccccc23)no1. The van der Waals surface area contributed by atoms with Crippen LogP contribution in [0.3, 0.4) is 0 Å². The molecule has 4 nitrogen and oxygen atoms in total. The minimum atomic E-state index is 0.579. The minimum absolute atomic E-state index is 0.579. The van der Waals surface area contributed by atoms with Gasteiger partial charge in [-0.2, -0.15) is 4.98 Å². The van der Waals surface area contributed by atoms with Gasteiger partial charge in [-0.1, -0.05) is 23.4 Å². The molecular weight excluding hydrogens is 190 g/mol. The third-order valence-corrected chi connectivity index (χ3v) is 2.36. The predicted octanol–water partition coefficient (Wildman–Crippen LogP) is 2.53. The molecule has 0 spiro atoms. The van der Waals surface area contributed by atoms with Crippen LogP contribution in [0.15, 0.2) is 35.0 Å². The van der Waals surface area contributed by atoms with E-state index in [1.807, 2.05) is 30.5 Å². The van der Waals surface area contributed by atoms with Gasteiger partial charge in [0.05, 0.1) is 0 Å². The van der Waals surface area contributed by atoms with Crippen LogP contribution in [0.4, 0.5) is 0 Å². The van der Waals surface area contributed by atoms with Crippen molar-refractivity contribution in [3.05, 3.63) is 36.4 Å². The molecule has 0 aliphatic carbocycles. The summed E-state index contributed by atoms with van der Waals surface area (Å²) in [6, 6.07) is 8.04. The van der Waals surface area contributed by atoms with Crippen molar-refractivity contribution in [3.8, 4) is 11.4 Å². The van der Waals surface area contributed by atoms with Gasteiger partial charge < -0.3 is 9.51 Å². The number of aryl methyl sites for hydroxylation is 1. The zero-order valence-corrected chi connectivity index (χ0v) is 8.19. The van der Waals surface area contributed by atoms with Crippen LogP contribution < -0.4 is 0 Å². The summed E-state index contributed by atoms with van der Waals surface area (Å²) < 4.78 is 4.96. The number of hydrogen-bond donors (Lipinski definition) is 1. The quantitative estimate of drug-likeness (QED) is 0.655. The van der Waals surface area contributed by atoms with E-state index in [1.165, 1.54) is 0 Å². The summed E-state index contributed by atoms with van der Waals surface area (Å²) >= 11 is 0. The molecule has 0 saturated heterocycles. The van der Waals surface area contributed by atoms with E-state index in [1.54, 1.807) is 6.92 Å². The first-order valence-electron chi connectivity index (χ1n) is 4.71. The second-order valence-electron chi connectivity index (χ2n) is 3.38. The number of nitrogens with one attached hydrogen (secondary N) is 1. The monoisotopic (exact) mass is 199 g/mol. The highest BCUT2D eigenvalue weighted by Gasteiger charge is 2.10. The molecule has 0 aliphatic heterocycles. The van der Waals surface area contributed by atoms with Crippen LogP contribution in [0.5, 0.6) is 0 Å². The molecule has 0 amide bonds. The second-order valence-corrected chi connectivity index (χ2v) is 3.38. The number of rotatable bonds is 1. The van der Waals surface area contributed by atoms with Gasteiger partial charge in [-0.05, 0) is 6.07 Å². The fourth-order valence-corrected chi connectivity index (χ4v) is 1.67. The largest absolute Gasteiger partial charge is 0.360 e. The zero-order chi connectivity index (χ0) is 10.3. The second kappa shape index (κ2) is 2.95. The van der Waals surface area contributed by atoms with E-state index in [9.17, 15) is 0 Å². The lowest BCUT2D eigenvalue weighted by Gasteiger charge is -1.90. The van der Waals surface area contributed by atoms with Gasteiger partial charge in [0.15, 0.2) is 0 Å². The Hall–Kier alpha value is -2.10. The van der Waals surface area contributed by atoms with Gasteiger partial charge in [-0.15, -0.1) is 0 Å². The fraction of sp³-hybridized carbons (Fsp3) is 0.0909. The predicted molar refractivity (Wildman–Crippen MR) is 56.3 cm³/mol. The molecule has 3 aromatic rings. The summed E-state index contributed by atoms with van der Waals surface area (Å²) in [5.41, 5.74) is 2.05. The lowest BCUT2D eigenvalue weighted by atomic mass is 10.2. The molecule has 0 saturated carbocycles. The molecule has 4 heteroatoms. The number of hydrogen-bond acceptors (Lipinski definition) is 3. The summed E-state index contributed by atoms with van der Waals surface area (Å²) in [6.07, 6.45) is 1.90. The maximum Gasteiger partial charge on any atom is 0.223 e. The van der Waals surface area contributed by atoms with E-state index in [4.69, 9.17) is 4.52 Å². The molecule has 1 aromatic carbocycles. The summed E-state index contributed by atoms with van der Waals surface area (Å²) in [5, 5.41) is 5.01. The first-order chi connectivity index (χ1) is 7.34. The standard InChI is InChI=1S/C11H9N3O/c1-7-13-11(14-15-7)9-6-12-10-5-3-2-4-8(9)10/h2-6,12H,1H3. The van der Waals surface area contributed by atoms with E-state index in [2.05, 4.69) is 15.1 Å². The lowest BCUT2D eigenvalue weighted by molar-refractivity contribution is 0.394. The third-order valence-electron chi connectivity index (χ3n) is 2.36. The van der Waals surface area contributed by atoms with Crippen molar-refractivity contribution in [1.82, 2.24) is 15.1 Å². The topological polar surface area (TPSA) is 54.7 Å². The van der Waals surface area contributed by atoms with Gasteiger partial charge in [0.1, 0.15) is 0 Å². The Morgan fingerprint density at radius 1 is 1.27 bits per heavy atom. The first kappa shape index (κ1) is 8.23. The molecule has 0 radical (unpaired) electrons. The molecule has 1 N–H and O–H groups in total. The van der Waals surface area contributed by atoms with Gasteiger partial charge in [0, 0.05) is 29.6 Å². The highest BCUT2D eigenvalue weighted by atomic mass is 16.5. The van der Waals surface area contributed by atoms with Gasteiger partial charge in [-0.25, -0.2) is 0 Å². The van der Waals surface area contributed by atoms with Crippen molar-refractivity contribution in [2.24, 2.45) is 0 Å². The third kappa shape index (κ3) is 1.22. The minimum Gasteiger partial charge on any atom is -0.360 e. The number of benzene rings is 1. The van der Waals surface area contributed by atoms with Crippen LogP contribution in [0.2, 0.25) is 0 Å². The first-order valence-corrected chi connectivity index (χ1v) is 4.71. The molecule has 15 heavy (non-hydrogen) atoms. The van der Waals surface area contributed by atoms with Gasteiger partial charge in [0.25, 0.3) is 0 Å². The summed E-state index contributed by atoms with van der Waals surface area (Å²) in [6.45, 7) is 1.78. The van der Waals surface area contributed by atoms with Crippen LogP contribution in [0.1, 0.15) is 5.89 Å². The summed E-state index contributed by atoms with van der Waals surface area (Å²) in [7, 11) is 0. The zero-order valence-electron chi connectivity index (χ0n) is 8.19. The smallest absolute Gasteiger partial charge is 0.223 e. The number of nitrogens with zero attached hydrogens (tertiary/aromatic N) is 2. The fourth-order valence-electron chi connectivity index (χ4n) is 1.67. The normalized spacial score (nSPS) is 11.0. The van der Waals surface area contributed by atoms with Crippen molar-refractivity contribution in [2.75, 3.05) is 0 Å². The summed E-state index contributed by atoms with van der Waals surface area (Å²) in [4.78, 5) is 7.38. The Bertz CT molecular complexity index is 609. The average Bonchev–Trinajstić information content (AvgIpc) is 2.83. The Morgan fingerprint density at radius 2 is 2.13 bits per heavy atom. The molecule has 0 bridgehead atoms. The molecule has 0 aliphatic rings. The number of fused-ring (bicyclic) bond motifs is 1. The average molecular weight is 199 g/mol. The number of para-hydroxylation sites is 1. The van der Waals surface area contributed by atoms with Gasteiger partial charge in [-0.3, -0.25) is 0 Å². The molecule has 3 rings (SSSR count). The lowest BCUT2D eigenvalue weighted by Crippen LogP contribution is -1.77. The Morgan fingerprint density at radius 3 is 2.93 bits per heavy atom. The van der Waals surface area contributed by atoms with Crippen LogP contribution in [-0.2, 0) is 0 Å². The van der Waals surface area contributed by atoms with Crippen molar-refractivity contribution < 1.29 is 4.52 Å². The van der Waals surface area contributed by atoms with Crippen LogP contribution in [0, 0.1) is 6.92 Å². The van der Waals surface area contributed by atoms with E-state index >= 15 is 0 Å². The highest BCUT2D eigenvalue weighted by Crippen LogP contribution is 2.25. The molecule has 0 atom stereocenters. The van der Waals surface area contributed by atoms with E-state index in [-0.39, 0.29) is 0 Å². The Kier molecular flexibility index (Phi) is 1.62. The Balaban J connectivity index is 2.27. The summed E-state index contributed by atoms with van der Waals surface area (Å²) in [5.74, 6) is 1.21. The Labute approximate surface area is 85.9 Å². The number of H-pyrrole nitrogens is 1. The van der Waals surface area contributed by atoms with E-state index in [0.29, 0.717) is 11.7 Å². The van der Waals surface area contributed by atoms with Gasteiger partial charge >= 0.3 is 0 Å². The number of aromatic amines is 1. The van der Waals surface area contributed by atoms with Crippen LogP contribution in [0.25, 0.3) is 22.3 Å². The van der Waals surface area contributed by atoms with E-state index < -0.39 is 0 Å². The van der Waals surface area contributed by atoms with Gasteiger partial charge in [0.2, 0.25) is 11.7 Å². The highest BCUT2D eigenvalue weighted by molar-refractivity contribution is 5.93. The van der Waals surface area contributed by atoms with Crippen molar-refractivity contribution >= 4 is 10.9 Å². The van der Waals surface area contributed by atoms with Crippen molar-refractivity contribution in [1.29, 1.82) is 0 Å². The molecule has 74 valence electrons. The molecular formula is C11H9N3O. The van der Waals surface area contributed by atoms with Crippen LogP contribution >= 0.6 is 0 Å². The maximum atomic E-state index is 4.96. The number of aromatic nitrogens is 3. The molecule has 0 unspecified atom stereocenters. The molecule has 2 aromatic heterocycles. The molecule has 2 heterocycles. The molecule has 0 fully saturated rings. The van der Waals surface area contributed by atoms with E-state index in [0.717, 1.165) is 16.5 Å².